The third-order valence-corrected chi connectivity index (χ3v) is 6.11. The Hall–Kier alpha value is -4.00. The van der Waals surface area contributed by atoms with Crippen LogP contribution in [-0.4, -0.2) is 34.0 Å². The Bertz CT molecular complexity index is 1410. The molecule has 0 aliphatic rings. The van der Waals surface area contributed by atoms with Gasteiger partial charge in [-0.3, -0.25) is 14.2 Å². The Morgan fingerprint density at radius 2 is 1.69 bits per heavy atom. The van der Waals surface area contributed by atoms with E-state index >= 15 is 0 Å². The van der Waals surface area contributed by atoms with Crippen LogP contribution in [0.5, 0.6) is 5.75 Å². The molecule has 0 aliphatic heterocycles. The number of fused-ring (bicyclic) bond motifs is 1. The van der Waals surface area contributed by atoms with Gasteiger partial charge < -0.3 is 9.64 Å². The molecule has 7 heteroatoms. The fourth-order valence-electron chi connectivity index (χ4n) is 4.40. The molecule has 186 valence electrons. The van der Waals surface area contributed by atoms with Crippen LogP contribution >= 0.6 is 0 Å². The van der Waals surface area contributed by atoms with Crippen LogP contribution < -0.4 is 10.3 Å². The van der Waals surface area contributed by atoms with Crippen LogP contribution in [0.2, 0.25) is 0 Å². The quantitative estimate of drug-likeness (QED) is 0.316. The molecule has 4 aromatic rings. The smallest absolute Gasteiger partial charge is 0.266 e. The van der Waals surface area contributed by atoms with Gasteiger partial charge >= 0.3 is 0 Å². The van der Waals surface area contributed by atoms with Crippen molar-refractivity contribution in [3.63, 3.8) is 0 Å². The van der Waals surface area contributed by atoms with E-state index in [-0.39, 0.29) is 17.4 Å². The summed E-state index contributed by atoms with van der Waals surface area (Å²) in [5, 5.41) is 0.493. The van der Waals surface area contributed by atoms with Crippen LogP contribution in [0, 0.1) is 11.7 Å². The molecule has 1 unspecified atom stereocenters. The van der Waals surface area contributed by atoms with E-state index < -0.39 is 11.9 Å². The summed E-state index contributed by atoms with van der Waals surface area (Å²) in [5.41, 5.74) is 1.37. The minimum absolute atomic E-state index is 0.157. The highest BCUT2D eigenvalue weighted by molar-refractivity contribution is 5.94. The maximum absolute atomic E-state index is 13.8. The molecule has 0 bridgehead atoms. The number of rotatable bonds is 8. The monoisotopic (exact) mass is 487 g/mol. The first-order valence-electron chi connectivity index (χ1n) is 12.1. The molecule has 0 aliphatic carbocycles. The van der Waals surface area contributed by atoms with Crippen LogP contribution in [0.15, 0.2) is 77.6 Å². The van der Waals surface area contributed by atoms with Gasteiger partial charge in [0.15, 0.2) is 0 Å². The lowest BCUT2D eigenvalue weighted by atomic mass is 10.1. The highest BCUT2D eigenvalue weighted by Gasteiger charge is 2.30. The van der Waals surface area contributed by atoms with Gasteiger partial charge in [-0.2, -0.15) is 0 Å². The Labute approximate surface area is 210 Å². The number of ether oxygens (including phenoxy) is 1. The molecule has 1 aromatic heterocycles. The van der Waals surface area contributed by atoms with Gasteiger partial charge in [0.05, 0.1) is 29.7 Å². The van der Waals surface area contributed by atoms with Crippen molar-refractivity contribution in [1.29, 1.82) is 0 Å². The number of amides is 1. The maximum Gasteiger partial charge on any atom is 0.266 e. The summed E-state index contributed by atoms with van der Waals surface area (Å²) >= 11 is 0. The molecule has 0 saturated heterocycles. The lowest BCUT2D eigenvalue weighted by Crippen LogP contribution is -2.40. The summed E-state index contributed by atoms with van der Waals surface area (Å²) < 4.78 is 20.4. The van der Waals surface area contributed by atoms with Crippen molar-refractivity contribution in [2.24, 2.45) is 5.92 Å². The summed E-state index contributed by atoms with van der Waals surface area (Å²) in [7, 11) is 1.59. The molecular formula is C29H30FN3O3. The van der Waals surface area contributed by atoms with E-state index in [0.717, 1.165) is 0 Å². The van der Waals surface area contributed by atoms with Crippen LogP contribution in [0.1, 0.15) is 49.4 Å². The molecule has 0 N–H and O–H groups in total. The molecule has 0 spiro atoms. The number of carbonyl (C=O) groups is 1. The number of aromatic nitrogens is 2. The van der Waals surface area contributed by atoms with E-state index in [2.05, 4.69) is 0 Å². The van der Waals surface area contributed by atoms with Gasteiger partial charge in [0.1, 0.15) is 17.4 Å². The number of hydrogen-bond acceptors (Lipinski definition) is 4. The average molecular weight is 488 g/mol. The van der Waals surface area contributed by atoms with Gasteiger partial charge in [-0.25, -0.2) is 9.37 Å². The van der Waals surface area contributed by atoms with Crippen LogP contribution in [0.3, 0.4) is 0 Å². The number of methoxy groups -OCH3 is 1. The van der Waals surface area contributed by atoms with E-state index in [1.54, 1.807) is 40.8 Å². The molecule has 0 radical (unpaired) electrons. The highest BCUT2D eigenvalue weighted by Crippen LogP contribution is 2.29. The number of para-hydroxylation sites is 1. The Kier molecular flexibility index (Phi) is 7.48. The van der Waals surface area contributed by atoms with E-state index in [4.69, 9.17) is 9.72 Å². The van der Waals surface area contributed by atoms with Crippen molar-refractivity contribution in [3.05, 3.63) is 100 Å². The zero-order valence-electron chi connectivity index (χ0n) is 20.9. The summed E-state index contributed by atoms with van der Waals surface area (Å²) in [4.78, 5) is 34.2. The Balaban J connectivity index is 1.94. The van der Waals surface area contributed by atoms with Crippen LogP contribution in [0.25, 0.3) is 16.6 Å². The Morgan fingerprint density at radius 1 is 1.03 bits per heavy atom. The van der Waals surface area contributed by atoms with Gasteiger partial charge in [0, 0.05) is 12.1 Å². The van der Waals surface area contributed by atoms with Gasteiger partial charge in [-0.05, 0) is 73.0 Å². The number of carbonyl (C=O) groups excluding carboxylic acids is 1. The van der Waals surface area contributed by atoms with Gasteiger partial charge in [0.25, 0.3) is 11.5 Å². The fraction of sp³-hybridized carbons (Fsp3) is 0.276. The fourth-order valence-corrected chi connectivity index (χ4v) is 4.40. The number of hydrogen-bond donors (Lipinski definition) is 0. The lowest BCUT2D eigenvalue weighted by molar-refractivity contribution is 0.0631. The predicted octanol–water partition coefficient (Wildman–Crippen LogP) is 5.78. The largest absolute Gasteiger partial charge is 0.497 e. The first-order chi connectivity index (χ1) is 17.3. The Morgan fingerprint density at radius 3 is 2.31 bits per heavy atom. The standard InChI is InChI=1S/C29H30FN3O3/c1-5-26(32(18-19(2)3)28(34)20-10-12-21(30)13-11-20)27-31-25-9-7-6-8-24(25)29(35)33(27)22-14-16-23(36-4)17-15-22/h6-17,19,26H,5,18H2,1-4H3. The molecular weight excluding hydrogens is 457 g/mol. The second kappa shape index (κ2) is 10.7. The molecule has 1 amide bonds. The second-order valence-corrected chi connectivity index (χ2v) is 9.11. The molecule has 36 heavy (non-hydrogen) atoms. The van der Waals surface area contributed by atoms with Crippen molar-refractivity contribution in [2.75, 3.05) is 13.7 Å². The zero-order chi connectivity index (χ0) is 25.8. The van der Waals surface area contributed by atoms with Crippen LogP contribution in [-0.2, 0) is 0 Å². The van der Waals surface area contributed by atoms with E-state index in [0.29, 0.717) is 46.7 Å². The summed E-state index contributed by atoms with van der Waals surface area (Å²) in [6.45, 7) is 6.47. The molecule has 1 heterocycles. The van der Waals surface area contributed by atoms with Gasteiger partial charge in [-0.15, -0.1) is 0 Å². The number of benzene rings is 3. The highest BCUT2D eigenvalue weighted by atomic mass is 19.1. The molecule has 0 saturated carbocycles. The van der Waals surface area contributed by atoms with E-state index in [1.165, 1.54) is 24.3 Å². The SMILES string of the molecule is CCC(c1nc2ccccc2c(=O)n1-c1ccc(OC)cc1)N(CC(C)C)C(=O)c1ccc(F)cc1. The summed E-state index contributed by atoms with van der Waals surface area (Å²) in [6.07, 6.45) is 0.528. The summed E-state index contributed by atoms with van der Waals surface area (Å²) in [5.74, 6) is 0.660. The van der Waals surface area contributed by atoms with Crippen molar-refractivity contribution in [2.45, 2.75) is 33.2 Å². The molecule has 3 aromatic carbocycles. The topological polar surface area (TPSA) is 64.4 Å². The first kappa shape index (κ1) is 25.1. The van der Waals surface area contributed by atoms with E-state index in [9.17, 15) is 14.0 Å². The number of halogens is 1. The zero-order valence-corrected chi connectivity index (χ0v) is 20.9. The summed E-state index contributed by atoms with van der Waals surface area (Å²) in [6, 6.07) is 19.4. The third kappa shape index (κ3) is 5.00. The minimum Gasteiger partial charge on any atom is -0.497 e. The van der Waals surface area contributed by atoms with Crippen LogP contribution in [0.4, 0.5) is 4.39 Å². The molecule has 0 fully saturated rings. The lowest BCUT2D eigenvalue weighted by Gasteiger charge is -2.33. The normalized spacial score (nSPS) is 12.1. The van der Waals surface area contributed by atoms with Crippen molar-refractivity contribution in [3.8, 4) is 11.4 Å². The van der Waals surface area contributed by atoms with E-state index in [1.807, 2.05) is 45.0 Å². The second-order valence-electron chi connectivity index (χ2n) is 9.11. The molecule has 4 rings (SSSR count). The van der Waals surface area contributed by atoms with Crippen molar-refractivity contribution < 1.29 is 13.9 Å². The molecule has 1 atom stereocenters. The number of nitrogens with zero attached hydrogens (tertiary/aromatic N) is 3. The predicted molar refractivity (Wildman–Crippen MR) is 139 cm³/mol. The molecule has 6 nitrogen and oxygen atoms in total. The van der Waals surface area contributed by atoms with Gasteiger partial charge in [0.2, 0.25) is 0 Å². The van der Waals surface area contributed by atoms with Crippen molar-refractivity contribution in [1.82, 2.24) is 14.5 Å². The maximum atomic E-state index is 13.8. The first-order valence-corrected chi connectivity index (χ1v) is 12.1. The van der Waals surface area contributed by atoms with Gasteiger partial charge in [-0.1, -0.05) is 32.9 Å². The average Bonchev–Trinajstić information content (AvgIpc) is 2.89. The van der Waals surface area contributed by atoms with Crippen molar-refractivity contribution >= 4 is 16.8 Å². The third-order valence-electron chi connectivity index (χ3n) is 6.11. The minimum atomic E-state index is -0.496.